The first-order chi connectivity index (χ1) is 6.27. The molecule has 70 valence electrons. The van der Waals surface area contributed by atoms with Crippen molar-refractivity contribution in [2.24, 2.45) is 0 Å². The smallest absolute Gasteiger partial charge is 0.330 e. The van der Waals surface area contributed by atoms with E-state index in [9.17, 15) is 4.79 Å². The summed E-state index contributed by atoms with van der Waals surface area (Å²) in [7, 11) is 0. The molecule has 0 saturated carbocycles. The lowest BCUT2D eigenvalue weighted by atomic mass is 10.2. The lowest BCUT2D eigenvalue weighted by molar-refractivity contribution is -0.138. The molecular weight excluding hydrogens is 166 g/mol. The molecule has 1 aliphatic heterocycles. The zero-order chi connectivity index (χ0) is 9.68. The standard InChI is InChI=1S/C10H13NO2/c1-3-5-8-9(6-4-2)13-10(12)7-11-8/h3-6,11H,7H2,1-2H3/b5-3-,6-4-. The number of carbonyl (C=O) groups is 1. The summed E-state index contributed by atoms with van der Waals surface area (Å²) in [6.07, 6.45) is 7.37. The van der Waals surface area contributed by atoms with Crippen LogP contribution >= 0.6 is 0 Å². The highest BCUT2D eigenvalue weighted by atomic mass is 16.5. The van der Waals surface area contributed by atoms with Gasteiger partial charge in [0.1, 0.15) is 6.54 Å². The van der Waals surface area contributed by atoms with E-state index in [1.165, 1.54) is 0 Å². The molecular formula is C10H13NO2. The second kappa shape index (κ2) is 4.50. The van der Waals surface area contributed by atoms with Crippen molar-refractivity contribution in [1.82, 2.24) is 5.32 Å². The van der Waals surface area contributed by atoms with Crippen LogP contribution in [0, 0.1) is 0 Å². The van der Waals surface area contributed by atoms with E-state index < -0.39 is 0 Å². The predicted octanol–water partition coefficient (Wildman–Crippen LogP) is 1.50. The minimum absolute atomic E-state index is 0.237. The Bertz CT molecular complexity index is 287. The van der Waals surface area contributed by atoms with Gasteiger partial charge in [0.15, 0.2) is 5.76 Å². The highest BCUT2D eigenvalue weighted by Gasteiger charge is 2.14. The van der Waals surface area contributed by atoms with Gasteiger partial charge in [0.05, 0.1) is 5.70 Å². The van der Waals surface area contributed by atoms with Crippen molar-refractivity contribution in [3.63, 3.8) is 0 Å². The normalized spacial score (nSPS) is 18.2. The number of hydrogen-bond donors (Lipinski definition) is 1. The van der Waals surface area contributed by atoms with Gasteiger partial charge in [0.25, 0.3) is 0 Å². The first kappa shape index (κ1) is 9.58. The molecule has 3 heteroatoms. The molecule has 13 heavy (non-hydrogen) atoms. The zero-order valence-corrected chi connectivity index (χ0v) is 7.83. The molecule has 1 heterocycles. The summed E-state index contributed by atoms with van der Waals surface area (Å²) < 4.78 is 5.03. The van der Waals surface area contributed by atoms with Crippen LogP contribution < -0.4 is 5.32 Å². The van der Waals surface area contributed by atoms with E-state index in [1.54, 1.807) is 6.08 Å². The van der Waals surface area contributed by atoms with Crippen LogP contribution in [0.15, 0.2) is 35.8 Å². The molecule has 0 aromatic heterocycles. The summed E-state index contributed by atoms with van der Waals surface area (Å²) >= 11 is 0. The molecule has 0 spiro atoms. The van der Waals surface area contributed by atoms with Crippen LogP contribution in [0.3, 0.4) is 0 Å². The Morgan fingerprint density at radius 2 is 2.00 bits per heavy atom. The van der Waals surface area contributed by atoms with Gasteiger partial charge in [-0.25, -0.2) is 4.79 Å². The highest BCUT2D eigenvalue weighted by molar-refractivity contribution is 5.75. The Morgan fingerprint density at radius 1 is 1.31 bits per heavy atom. The minimum atomic E-state index is -0.249. The topological polar surface area (TPSA) is 38.3 Å². The van der Waals surface area contributed by atoms with Crippen LogP contribution in [-0.4, -0.2) is 12.5 Å². The minimum Gasteiger partial charge on any atom is -0.423 e. The monoisotopic (exact) mass is 179 g/mol. The highest BCUT2D eigenvalue weighted by Crippen LogP contribution is 2.11. The van der Waals surface area contributed by atoms with Crippen LogP contribution in [0.2, 0.25) is 0 Å². The second-order valence-corrected chi connectivity index (χ2v) is 2.61. The first-order valence-electron chi connectivity index (χ1n) is 4.22. The summed E-state index contributed by atoms with van der Waals surface area (Å²) in [4.78, 5) is 10.9. The molecule has 0 aromatic rings. The molecule has 0 aliphatic carbocycles. The lowest BCUT2D eigenvalue weighted by Crippen LogP contribution is -2.30. The maximum Gasteiger partial charge on any atom is 0.330 e. The van der Waals surface area contributed by atoms with Crippen molar-refractivity contribution in [3.05, 3.63) is 35.8 Å². The van der Waals surface area contributed by atoms with Gasteiger partial charge in [-0.15, -0.1) is 0 Å². The molecule has 1 aliphatic rings. The summed E-state index contributed by atoms with van der Waals surface area (Å²) in [5.41, 5.74) is 0.847. The maximum absolute atomic E-state index is 10.9. The van der Waals surface area contributed by atoms with E-state index in [4.69, 9.17) is 4.74 Å². The van der Waals surface area contributed by atoms with E-state index >= 15 is 0 Å². The number of hydrogen-bond acceptors (Lipinski definition) is 3. The van der Waals surface area contributed by atoms with Gasteiger partial charge >= 0.3 is 5.97 Å². The number of cyclic esters (lactones) is 1. The number of ether oxygens (including phenoxy) is 1. The fourth-order valence-corrected chi connectivity index (χ4v) is 1.05. The van der Waals surface area contributed by atoms with Crippen molar-refractivity contribution < 1.29 is 9.53 Å². The number of carbonyl (C=O) groups excluding carboxylic acids is 1. The largest absolute Gasteiger partial charge is 0.423 e. The van der Waals surface area contributed by atoms with Gasteiger partial charge in [0, 0.05) is 0 Å². The predicted molar refractivity (Wildman–Crippen MR) is 50.7 cm³/mol. The average molecular weight is 179 g/mol. The average Bonchev–Trinajstić information content (AvgIpc) is 2.10. The van der Waals surface area contributed by atoms with Crippen molar-refractivity contribution >= 4 is 5.97 Å². The van der Waals surface area contributed by atoms with Crippen molar-refractivity contribution in [3.8, 4) is 0 Å². The molecule has 1 rings (SSSR count). The fraction of sp³-hybridized carbons (Fsp3) is 0.300. The van der Waals surface area contributed by atoms with Gasteiger partial charge in [-0.2, -0.15) is 0 Å². The van der Waals surface area contributed by atoms with Crippen molar-refractivity contribution in [2.75, 3.05) is 6.54 Å². The third-order valence-electron chi connectivity index (χ3n) is 1.56. The van der Waals surface area contributed by atoms with E-state index in [-0.39, 0.29) is 12.5 Å². The van der Waals surface area contributed by atoms with Crippen LogP contribution in [0.1, 0.15) is 13.8 Å². The zero-order valence-electron chi connectivity index (χ0n) is 7.83. The third-order valence-corrected chi connectivity index (χ3v) is 1.56. The van der Waals surface area contributed by atoms with E-state index in [1.807, 2.05) is 32.1 Å². The second-order valence-electron chi connectivity index (χ2n) is 2.61. The van der Waals surface area contributed by atoms with Gasteiger partial charge in [0.2, 0.25) is 0 Å². The van der Waals surface area contributed by atoms with Crippen molar-refractivity contribution in [1.29, 1.82) is 0 Å². The molecule has 0 fully saturated rings. The van der Waals surface area contributed by atoms with Crippen molar-refractivity contribution in [2.45, 2.75) is 13.8 Å². The molecule has 0 radical (unpaired) electrons. The summed E-state index contributed by atoms with van der Waals surface area (Å²) in [6.45, 7) is 4.03. The van der Waals surface area contributed by atoms with Gasteiger partial charge in [-0.1, -0.05) is 12.2 Å². The van der Waals surface area contributed by atoms with Crippen LogP contribution in [0.5, 0.6) is 0 Å². The van der Waals surface area contributed by atoms with Crippen LogP contribution in [0.25, 0.3) is 0 Å². The fourth-order valence-electron chi connectivity index (χ4n) is 1.05. The maximum atomic E-state index is 10.9. The van der Waals surface area contributed by atoms with Gasteiger partial charge in [-0.05, 0) is 26.0 Å². The number of esters is 1. The van der Waals surface area contributed by atoms with E-state index in [0.717, 1.165) is 5.70 Å². The molecule has 3 nitrogen and oxygen atoms in total. The molecule has 0 bridgehead atoms. The lowest BCUT2D eigenvalue weighted by Gasteiger charge is -2.17. The Hall–Kier alpha value is -1.51. The van der Waals surface area contributed by atoms with Gasteiger partial charge in [-0.3, -0.25) is 0 Å². The SMILES string of the molecule is C/C=C\C1=C(/C=C\C)OC(=O)CN1. The molecule has 1 N–H and O–H groups in total. The summed E-state index contributed by atoms with van der Waals surface area (Å²) in [5, 5.41) is 2.97. The number of allylic oxidation sites excluding steroid dienone is 4. The van der Waals surface area contributed by atoms with Crippen LogP contribution in [0.4, 0.5) is 0 Å². The molecule has 0 atom stereocenters. The Balaban J connectivity index is 2.92. The molecule has 0 amide bonds. The Labute approximate surface area is 77.8 Å². The number of rotatable bonds is 2. The van der Waals surface area contributed by atoms with E-state index in [2.05, 4.69) is 5.32 Å². The number of nitrogens with one attached hydrogen (secondary N) is 1. The molecule has 0 aromatic carbocycles. The quantitative estimate of drug-likeness (QED) is 0.653. The molecule has 0 unspecified atom stereocenters. The third kappa shape index (κ3) is 2.47. The van der Waals surface area contributed by atoms with Crippen LogP contribution in [-0.2, 0) is 9.53 Å². The Morgan fingerprint density at radius 3 is 2.62 bits per heavy atom. The summed E-state index contributed by atoms with van der Waals surface area (Å²) in [6, 6.07) is 0. The molecule has 0 saturated heterocycles. The first-order valence-corrected chi connectivity index (χ1v) is 4.22. The van der Waals surface area contributed by atoms with E-state index in [0.29, 0.717) is 5.76 Å². The van der Waals surface area contributed by atoms with Gasteiger partial charge < -0.3 is 10.1 Å². The summed E-state index contributed by atoms with van der Waals surface area (Å²) in [5.74, 6) is 0.332. The Kier molecular flexibility index (Phi) is 3.31.